The van der Waals surface area contributed by atoms with Crippen molar-refractivity contribution in [2.75, 3.05) is 0 Å². The standard InChI is InChI=1S/C14H17Br2NO/c1-9-4-2-3-5-13(9)17-14(18)10-6-11(15)8-12(16)7-10/h6-9,13H,2-5H2,1H3,(H,17,18). The Morgan fingerprint density at radius 3 is 2.39 bits per heavy atom. The molecule has 2 nitrogen and oxygen atoms in total. The highest BCUT2D eigenvalue weighted by Crippen LogP contribution is 2.25. The van der Waals surface area contributed by atoms with Crippen molar-refractivity contribution in [3.05, 3.63) is 32.7 Å². The number of hydrogen-bond donors (Lipinski definition) is 1. The van der Waals surface area contributed by atoms with Crippen LogP contribution in [0.3, 0.4) is 0 Å². The molecule has 0 aromatic heterocycles. The summed E-state index contributed by atoms with van der Waals surface area (Å²) in [6, 6.07) is 5.96. The van der Waals surface area contributed by atoms with Gasteiger partial charge in [-0.25, -0.2) is 0 Å². The van der Waals surface area contributed by atoms with Gasteiger partial charge in [-0.2, -0.15) is 0 Å². The molecule has 4 heteroatoms. The molecular formula is C14H17Br2NO. The van der Waals surface area contributed by atoms with Gasteiger partial charge in [-0.15, -0.1) is 0 Å². The molecule has 2 atom stereocenters. The number of amides is 1. The monoisotopic (exact) mass is 373 g/mol. The second-order valence-electron chi connectivity index (χ2n) is 5.00. The molecule has 1 fully saturated rings. The van der Waals surface area contributed by atoms with E-state index in [4.69, 9.17) is 0 Å². The van der Waals surface area contributed by atoms with Gasteiger partial charge in [0, 0.05) is 20.6 Å². The van der Waals surface area contributed by atoms with Crippen molar-refractivity contribution in [3.63, 3.8) is 0 Å². The van der Waals surface area contributed by atoms with Crippen LogP contribution in [0.4, 0.5) is 0 Å². The van der Waals surface area contributed by atoms with Crippen LogP contribution in [0, 0.1) is 5.92 Å². The SMILES string of the molecule is CC1CCCCC1NC(=O)c1cc(Br)cc(Br)c1. The first-order valence-corrected chi connectivity index (χ1v) is 7.92. The number of benzene rings is 1. The van der Waals surface area contributed by atoms with E-state index in [-0.39, 0.29) is 5.91 Å². The number of hydrogen-bond acceptors (Lipinski definition) is 1. The van der Waals surface area contributed by atoms with Gasteiger partial charge in [0.15, 0.2) is 0 Å². The molecule has 0 radical (unpaired) electrons. The van der Waals surface area contributed by atoms with Crippen molar-refractivity contribution in [1.82, 2.24) is 5.32 Å². The van der Waals surface area contributed by atoms with E-state index in [1.54, 1.807) is 0 Å². The van der Waals surface area contributed by atoms with Gasteiger partial charge in [0.25, 0.3) is 5.91 Å². The van der Waals surface area contributed by atoms with Crippen LogP contribution in [-0.4, -0.2) is 11.9 Å². The third-order valence-electron chi connectivity index (χ3n) is 3.55. The van der Waals surface area contributed by atoms with Crippen LogP contribution in [0.15, 0.2) is 27.1 Å². The Morgan fingerprint density at radius 1 is 1.17 bits per heavy atom. The minimum absolute atomic E-state index is 0.0238. The summed E-state index contributed by atoms with van der Waals surface area (Å²) in [4.78, 5) is 12.2. The van der Waals surface area contributed by atoms with E-state index in [2.05, 4.69) is 44.1 Å². The molecule has 0 spiro atoms. The highest BCUT2D eigenvalue weighted by atomic mass is 79.9. The molecule has 18 heavy (non-hydrogen) atoms. The first-order valence-electron chi connectivity index (χ1n) is 6.33. The third kappa shape index (κ3) is 3.58. The molecule has 1 aliphatic carbocycles. The Morgan fingerprint density at radius 2 is 1.78 bits per heavy atom. The fourth-order valence-electron chi connectivity index (χ4n) is 2.47. The van der Waals surface area contributed by atoms with Crippen LogP contribution >= 0.6 is 31.9 Å². The van der Waals surface area contributed by atoms with Crippen LogP contribution in [0.1, 0.15) is 43.0 Å². The zero-order chi connectivity index (χ0) is 13.1. The molecule has 1 aromatic carbocycles. The van der Waals surface area contributed by atoms with Gasteiger partial charge in [-0.05, 0) is 37.0 Å². The minimum atomic E-state index is 0.0238. The lowest BCUT2D eigenvalue weighted by atomic mass is 9.86. The Labute approximate surface area is 125 Å². The quantitative estimate of drug-likeness (QED) is 0.809. The molecule has 2 unspecified atom stereocenters. The number of rotatable bonds is 2. The van der Waals surface area contributed by atoms with Crippen molar-refractivity contribution in [1.29, 1.82) is 0 Å². The van der Waals surface area contributed by atoms with Crippen molar-refractivity contribution in [2.45, 2.75) is 38.6 Å². The average Bonchev–Trinajstić information content (AvgIpc) is 2.31. The predicted octanol–water partition coefficient (Wildman–Crippen LogP) is 4.52. The predicted molar refractivity (Wildman–Crippen MR) is 80.7 cm³/mol. The topological polar surface area (TPSA) is 29.1 Å². The molecule has 1 aromatic rings. The fourth-order valence-corrected chi connectivity index (χ4v) is 3.76. The van der Waals surface area contributed by atoms with E-state index in [0.717, 1.165) is 15.4 Å². The zero-order valence-electron chi connectivity index (χ0n) is 10.4. The van der Waals surface area contributed by atoms with Crippen molar-refractivity contribution >= 4 is 37.8 Å². The molecule has 1 saturated carbocycles. The third-order valence-corrected chi connectivity index (χ3v) is 4.47. The lowest BCUT2D eigenvalue weighted by Crippen LogP contribution is -2.41. The van der Waals surface area contributed by atoms with E-state index in [9.17, 15) is 4.79 Å². The van der Waals surface area contributed by atoms with Crippen LogP contribution in [-0.2, 0) is 0 Å². The van der Waals surface area contributed by atoms with Gasteiger partial charge >= 0.3 is 0 Å². The second-order valence-corrected chi connectivity index (χ2v) is 6.83. The lowest BCUT2D eigenvalue weighted by molar-refractivity contribution is 0.0910. The molecule has 1 amide bonds. The average molecular weight is 375 g/mol. The number of carbonyl (C=O) groups is 1. The van der Waals surface area contributed by atoms with E-state index >= 15 is 0 Å². The van der Waals surface area contributed by atoms with Gasteiger partial charge in [-0.3, -0.25) is 4.79 Å². The smallest absolute Gasteiger partial charge is 0.251 e. The molecule has 98 valence electrons. The molecular weight excluding hydrogens is 358 g/mol. The van der Waals surface area contributed by atoms with Gasteiger partial charge in [0.1, 0.15) is 0 Å². The summed E-state index contributed by atoms with van der Waals surface area (Å²) in [5, 5.41) is 3.16. The van der Waals surface area contributed by atoms with Crippen LogP contribution < -0.4 is 5.32 Å². The number of halogens is 2. The summed E-state index contributed by atoms with van der Waals surface area (Å²) < 4.78 is 1.83. The first-order chi connectivity index (χ1) is 8.56. The molecule has 1 N–H and O–H groups in total. The van der Waals surface area contributed by atoms with Gasteiger partial charge in [0.05, 0.1) is 0 Å². The van der Waals surface area contributed by atoms with Crippen molar-refractivity contribution in [2.24, 2.45) is 5.92 Å². The molecule has 1 aliphatic rings. The Hall–Kier alpha value is -0.350. The highest BCUT2D eigenvalue weighted by Gasteiger charge is 2.23. The maximum absolute atomic E-state index is 12.2. The number of nitrogens with one attached hydrogen (secondary N) is 1. The van der Waals surface area contributed by atoms with E-state index < -0.39 is 0 Å². The molecule has 2 rings (SSSR count). The molecule has 0 bridgehead atoms. The molecule has 0 heterocycles. The number of carbonyl (C=O) groups excluding carboxylic acids is 1. The summed E-state index contributed by atoms with van der Waals surface area (Å²) >= 11 is 6.82. The van der Waals surface area contributed by atoms with Gasteiger partial charge in [0.2, 0.25) is 0 Å². The molecule has 0 saturated heterocycles. The zero-order valence-corrected chi connectivity index (χ0v) is 13.6. The van der Waals surface area contributed by atoms with E-state index in [1.165, 1.54) is 19.3 Å². The maximum Gasteiger partial charge on any atom is 0.251 e. The van der Waals surface area contributed by atoms with Crippen LogP contribution in [0.25, 0.3) is 0 Å². The summed E-state index contributed by atoms with van der Waals surface area (Å²) in [6.07, 6.45) is 4.82. The maximum atomic E-state index is 12.2. The first kappa shape index (κ1) is 14.1. The van der Waals surface area contributed by atoms with Gasteiger partial charge < -0.3 is 5.32 Å². The van der Waals surface area contributed by atoms with Crippen LogP contribution in [0.2, 0.25) is 0 Å². The lowest BCUT2D eigenvalue weighted by Gasteiger charge is -2.29. The summed E-state index contributed by atoms with van der Waals surface area (Å²) in [5.74, 6) is 0.606. The van der Waals surface area contributed by atoms with E-state index in [1.807, 2.05) is 18.2 Å². The second kappa shape index (κ2) is 6.20. The Balaban J connectivity index is 2.06. The highest BCUT2D eigenvalue weighted by molar-refractivity contribution is 9.11. The summed E-state index contributed by atoms with van der Waals surface area (Å²) in [6.45, 7) is 2.22. The fraction of sp³-hybridized carbons (Fsp3) is 0.500. The molecule has 0 aliphatic heterocycles. The van der Waals surface area contributed by atoms with Crippen molar-refractivity contribution < 1.29 is 4.79 Å². The summed E-state index contributed by atoms with van der Waals surface area (Å²) in [7, 11) is 0. The summed E-state index contributed by atoms with van der Waals surface area (Å²) in [5.41, 5.74) is 0.703. The normalized spacial score (nSPS) is 23.7. The van der Waals surface area contributed by atoms with Crippen LogP contribution in [0.5, 0.6) is 0 Å². The van der Waals surface area contributed by atoms with Gasteiger partial charge in [-0.1, -0.05) is 51.6 Å². The van der Waals surface area contributed by atoms with Crippen molar-refractivity contribution in [3.8, 4) is 0 Å². The largest absolute Gasteiger partial charge is 0.349 e. The van der Waals surface area contributed by atoms with E-state index in [0.29, 0.717) is 17.5 Å². The Kier molecular flexibility index (Phi) is 4.84. The Bertz CT molecular complexity index is 427. The minimum Gasteiger partial charge on any atom is -0.349 e.